The van der Waals surface area contributed by atoms with Crippen LogP contribution in [0.3, 0.4) is 0 Å². The molecule has 0 aliphatic heterocycles. The van der Waals surface area contributed by atoms with Gasteiger partial charge < -0.3 is 11.5 Å². The van der Waals surface area contributed by atoms with Gasteiger partial charge in [-0.2, -0.15) is 8.42 Å². The standard InChI is InChI=1S/2C4H10N2S.H2O4S/c2*1-2-3-7-4(5)6;1-5(2,3)4/h2*2-3H2,1H3,(H3,5,6);(H2,1,2,3,4). The van der Waals surface area contributed by atoms with Crippen molar-refractivity contribution in [1.82, 2.24) is 0 Å². The average molecular weight is 334 g/mol. The van der Waals surface area contributed by atoms with Gasteiger partial charge in [-0.15, -0.1) is 0 Å². The zero-order valence-electron chi connectivity index (χ0n) is 10.9. The molecule has 0 bridgehead atoms. The van der Waals surface area contributed by atoms with E-state index in [4.69, 9.17) is 39.8 Å². The van der Waals surface area contributed by atoms with Crippen LogP contribution < -0.4 is 11.5 Å². The lowest BCUT2D eigenvalue weighted by Crippen LogP contribution is -2.03. The van der Waals surface area contributed by atoms with Gasteiger partial charge in [-0.05, 0) is 12.8 Å². The number of nitrogens with two attached hydrogens (primary N) is 2. The minimum Gasteiger partial charge on any atom is -0.379 e. The smallest absolute Gasteiger partial charge is 0.379 e. The molecule has 0 aromatic carbocycles. The second kappa shape index (κ2) is 15.6. The van der Waals surface area contributed by atoms with Gasteiger partial charge in [0.25, 0.3) is 0 Å². The Morgan fingerprint density at radius 1 is 1.00 bits per heavy atom. The van der Waals surface area contributed by atoms with Gasteiger partial charge in [-0.3, -0.25) is 19.9 Å². The molecule has 0 heterocycles. The van der Waals surface area contributed by atoms with E-state index in [0.717, 1.165) is 24.3 Å². The monoisotopic (exact) mass is 334 g/mol. The molecule has 0 unspecified atom stereocenters. The summed E-state index contributed by atoms with van der Waals surface area (Å²) in [7, 11) is -4.67. The van der Waals surface area contributed by atoms with Crippen LogP contribution in [0.4, 0.5) is 0 Å². The largest absolute Gasteiger partial charge is 0.394 e. The fraction of sp³-hybridized carbons (Fsp3) is 0.750. The number of thioether (sulfide) groups is 2. The van der Waals surface area contributed by atoms with E-state index in [1.54, 1.807) is 0 Å². The Balaban J connectivity index is -0.000000206. The Labute approximate surface area is 122 Å². The Morgan fingerprint density at radius 3 is 1.26 bits per heavy atom. The molecule has 8 N–H and O–H groups in total. The van der Waals surface area contributed by atoms with Crippen molar-refractivity contribution in [2.24, 2.45) is 11.5 Å². The summed E-state index contributed by atoms with van der Waals surface area (Å²) in [4.78, 5) is 0. The number of hydrogen-bond donors (Lipinski definition) is 6. The van der Waals surface area contributed by atoms with Gasteiger partial charge in [-0.25, -0.2) is 0 Å². The molecule has 8 nitrogen and oxygen atoms in total. The van der Waals surface area contributed by atoms with Crippen molar-refractivity contribution in [2.75, 3.05) is 11.5 Å². The quantitative estimate of drug-likeness (QED) is 0.254. The van der Waals surface area contributed by atoms with Crippen molar-refractivity contribution in [2.45, 2.75) is 26.7 Å². The van der Waals surface area contributed by atoms with Gasteiger partial charge in [0.15, 0.2) is 10.3 Å². The van der Waals surface area contributed by atoms with E-state index in [9.17, 15) is 0 Å². The SMILES string of the molecule is CCCSC(=N)N.CCCSC(=N)N.O=S(=O)(O)O. The maximum absolute atomic E-state index is 8.74. The fourth-order valence-corrected chi connectivity index (χ4v) is 1.27. The molecule has 19 heavy (non-hydrogen) atoms. The van der Waals surface area contributed by atoms with Gasteiger partial charge in [0.05, 0.1) is 0 Å². The van der Waals surface area contributed by atoms with Gasteiger partial charge in [-0.1, -0.05) is 37.4 Å². The number of hydrogen-bond acceptors (Lipinski definition) is 6. The van der Waals surface area contributed by atoms with Crippen LogP contribution in [-0.2, 0) is 10.4 Å². The Morgan fingerprint density at radius 2 is 1.21 bits per heavy atom. The molecular formula is C8H22N4O4S3. The highest BCUT2D eigenvalue weighted by molar-refractivity contribution is 8.13. The molecule has 0 rings (SSSR count). The van der Waals surface area contributed by atoms with Crippen LogP contribution in [-0.4, -0.2) is 39.4 Å². The van der Waals surface area contributed by atoms with Crippen molar-refractivity contribution >= 4 is 44.3 Å². The van der Waals surface area contributed by atoms with E-state index in [0.29, 0.717) is 0 Å². The second-order valence-corrected chi connectivity index (χ2v) is 6.04. The highest BCUT2D eigenvalue weighted by Crippen LogP contribution is 1.98. The number of nitrogens with one attached hydrogen (secondary N) is 2. The van der Waals surface area contributed by atoms with Crippen LogP contribution in [0.5, 0.6) is 0 Å². The van der Waals surface area contributed by atoms with Gasteiger partial charge >= 0.3 is 10.4 Å². The Kier molecular flexibility index (Phi) is 19.3. The Bertz CT molecular complexity index is 309. The molecule has 0 aromatic heterocycles. The molecule has 0 aromatic rings. The summed E-state index contributed by atoms with van der Waals surface area (Å²) < 4.78 is 31.6. The van der Waals surface area contributed by atoms with E-state index >= 15 is 0 Å². The van der Waals surface area contributed by atoms with Crippen molar-refractivity contribution in [1.29, 1.82) is 10.8 Å². The fourth-order valence-electron chi connectivity index (χ4n) is 0.424. The summed E-state index contributed by atoms with van der Waals surface area (Å²) in [6.07, 6.45) is 2.18. The first kappa shape index (κ1) is 23.6. The van der Waals surface area contributed by atoms with Crippen molar-refractivity contribution in [3.63, 3.8) is 0 Å². The average Bonchev–Trinajstić information content (AvgIpc) is 2.22. The number of rotatable bonds is 4. The molecule has 0 saturated heterocycles. The van der Waals surface area contributed by atoms with Crippen LogP contribution >= 0.6 is 23.5 Å². The summed E-state index contributed by atoms with van der Waals surface area (Å²) in [5, 5.41) is 13.9. The van der Waals surface area contributed by atoms with Gasteiger partial charge in [0.2, 0.25) is 0 Å². The van der Waals surface area contributed by atoms with Crippen LogP contribution in [0.2, 0.25) is 0 Å². The van der Waals surface area contributed by atoms with Crippen LogP contribution in [0.15, 0.2) is 0 Å². The third-order valence-electron chi connectivity index (χ3n) is 0.923. The molecule has 0 amide bonds. The Hall–Kier alpha value is -0.490. The van der Waals surface area contributed by atoms with E-state index in [1.165, 1.54) is 23.5 Å². The minimum atomic E-state index is -4.67. The molecule has 0 atom stereocenters. The van der Waals surface area contributed by atoms with E-state index in [1.807, 2.05) is 0 Å². The first-order chi connectivity index (χ1) is 8.54. The highest BCUT2D eigenvalue weighted by atomic mass is 32.3. The third-order valence-corrected chi connectivity index (χ3v) is 2.77. The minimum absolute atomic E-state index is 0.224. The predicted octanol–water partition coefficient (Wildman–Crippen LogP) is 1.39. The summed E-state index contributed by atoms with van der Waals surface area (Å²) in [6.45, 7) is 4.13. The number of amidine groups is 2. The van der Waals surface area contributed by atoms with Crippen molar-refractivity contribution in [3.8, 4) is 0 Å². The van der Waals surface area contributed by atoms with Gasteiger partial charge in [0.1, 0.15) is 0 Å². The van der Waals surface area contributed by atoms with Crippen LogP contribution in [0.25, 0.3) is 0 Å². The first-order valence-corrected chi connectivity index (χ1v) is 8.54. The van der Waals surface area contributed by atoms with E-state index in [2.05, 4.69) is 13.8 Å². The normalized spacial score (nSPS) is 9.47. The second-order valence-electron chi connectivity index (χ2n) is 2.87. The lowest BCUT2D eigenvalue weighted by molar-refractivity contribution is 0.381. The molecule has 0 aliphatic rings. The third kappa shape index (κ3) is 74.7. The molecule has 0 aliphatic carbocycles. The summed E-state index contributed by atoms with van der Waals surface area (Å²) in [5.41, 5.74) is 10.0. The summed E-state index contributed by atoms with van der Waals surface area (Å²) in [5.74, 6) is 1.94. The van der Waals surface area contributed by atoms with E-state index in [-0.39, 0.29) is 10.3 Å². The van der Waals surface area contributed by atoms with Crippen molar-refractivity contribution < 1.29 is 17.5 Å². The first-order valence-electron chi connectivity index (χ1n) is 5.18. The lowest BCUT2D eigenvalue weighted by Gasteiger charge is -1.90. The molecular weight excluding hydrogens is 312 g/mol. The molecule has 11 heteroatoms. The zero-order valence-corrected chi connectivity index (χ0v) is 13.4. The highest BCUT2D eigenvalue weighted by Gasteiger charge is 1.85. The van der Waals surface area contributed by atoms with E-state index < -0.39 is 10.4 Å². The maximum Gasteiger partial charge on any atom is 0.394 e. The molecule has 0 radical (unpaired) electrons. The van der Waals surface area contributed by atoms with Crippen LogP contribution in [0, 0.1) is 10.8 Å². The van der Waals surface area contributed by atoms with Gasteiger partial charge in [0, 0.05) is 11.5 Å². The molecule has 0 spiro atoms. The topological polar surface area (TPSA) is 174 Å². The zero-order chi connectivity index (χ0) is 15.9. The van der Waals surface area contributed by atoms with Crippen LogP contribution in [0.1, 0.15) is 26.7 Å². The molecule has 116 valence electrons. The maximum atomic E-state index is 8.74. The molecule has 0 fully saturated rings. The predicted molar refractivity (Wildman–Crippen MR) is 83.5 cm³/mol. The molecule has 0 saturated carbocycles. The van der Waals surface area contributed by atoms with Crippen molar-refractivity contribution in [3.05, 3.63) is 0 Å². The lowest BCUT2D eigenvalue weighted by atomic mass is 10.6. The summed E-state index contributed by atoms with van der Waals surface area (Å²) in [6, 6.07) is 0. The summed E-state index contributed by atoms with van der Waals surface area (Å²) >= 11 is 2.78.